The minimum atomic E-state index is 0.634. The van der Waals surface area contributed by atoms with Crippen molar-refractivity contribution >= 4 is 0 Å². The monoisotopic (exact) mass is 190 g/mol. The second-order valence-electron chi connectivity index (χ2n) is 4.01. The van der Waals surface area contributed by atoms with Crippen molar-refractivity contribution in [3.8, 4) is 0 Å². The molecule has 0 saturated carbocycles. The highest BCUT2D eigenvalue weighted by Crippen LogP contribution is 2.25. The summed E-state index contributed by atoms with van der Waals surface area (Å²) in [7, 11) is 0. The van der Waals surface area contributed by atoms with Crippen LogP contribution in [0.3, 0.4) is 0 Å². The van der Waals surface area contributed by atoms with Gasteiger partial charge < -0.3 is 4.74 Å². The predicted octanol–water partition coefficient (Wildman–Crippen LogP) is 3.14. The van der Waals surface area contributed by atoms with Crippen molar-refractivity contribution in [2.45, 2.75) is 32.1 Å². The third-order valence-corrected chi connectivity index (χ3v) is 3.02. The van der Waals surface area contributed by atoms with Gasteiger partial charge in [0.1, 0.15) is 0 Å². The number of hydrogen-bond donors (Lipinski definition) is 0. The fourth-order valence-electron chi connectivity index (χ4n) is 2.03. The normalized spacial score (nSPS) is 22.2. The van der Waals surface area contributed by atoms with Gasteiger partial charge in [0.15, 0.2) is 0 Å². The molecule has 1 fully saturated rings. The van der Waals surface area contributed by atoms with Gasteiger partial charge in [-0.25, -0.2) is 0 Å². The van der Waals surface area contributed by atoms with Gasteiger partial charge in [-0.05, 0) is 30.4 Å². The molecule has 0 bridgehead atoms. The molecule has 76 valence electrons. The number of rotatable bonds is 2. The Morgan fingerprint density at radius 2 is 2.07 bits per heavy atom. The van der Waals surface area contributed by atoms with Gasteiger partial charge in [0.25, 0.3) is 0 Å². The fourth-order valence-corrected chi connectivity index (χ4v) is 2.03. The van der Waals surface area contributed by atoms with E-state index in [9.17, 15) is 0 Å². The molecule has 1 aromatic carbocycles. The molecule has 1 atom stereocenters. The molecule has 1 heterocycles. The first-order valence-electron chi connectivity index (χ1n) is 5.56. The molecule has 0 spiro atoms. The van der Waals surface area contributed by atoms with E-state index >= 15 is 0 Å². The Bertz CT molecular complexity index is 270. The summed E-state index contributed by atoms with van der Waals surface area (Å²) in [5.74, 6) is 0.634. The molecular formula is C13H18O. The van der Waals surface area contributed by atoms with Crippen LogP contribution in [0.4, 0.5) is 0 Å². The molecule has 1 nitrogen and oxygen atoms in total. The summed E-state index contributed by atoms with van der Waals surface area (Å²) in [6.07, 6.45) is 3.62. The number of ether oxygens (including phenoxy) is 1. The van der Waals surface area contributed by atoms with E-state index in [-0.39, 0.29) is 0 Å². The lowest BCUT2D eigenvalue weighted by Gasteiger charge is -2.22. The summed E-state index contributed by atoms with van der Waals surface area (Å²) in [4.78, 5) is 0. The largest absolute Gasteiger partial charge is 0.381 e. The topological polar surface area (TPSA) is 9.23 Å². The van der Waals surface area contributed by atoms with E-state index in [1.54, 1.807) is 0 Å². The van der Waals surface area contributed by atoms with Crippen molar-refractivity contribution < 1.29 is 4.74 Å². The minimum Gasteiger partial charge on any atom is -0.381 e. The fraction of sp³-hybridized carbons (Fsp3) is 0.538. The third-order valence-electron chi connectivity index (χ3n) is 3.02. The Balaban J connectivity index is 2.07. The van der Waals surface area contributed by atoms with Crippen LogP contribution in [0.15, 0.2) is 24.3 Å². The van der Waals surface area contributed by atoms with Gasteiger partial charge >= 0.3 is 0 Å². The zero-order chi connectivity index (χ0) is 9.80. The summed E-state index contributed by atoms with van der Waals surface area (Å²) in [5.41, 5.74) is 2.87. The van der Waals surface area contributed by atoms with Crippen molar-refractivity contribution in [3.63, 3.8) is 0 Å². The van der Waals surface area contributed by atoms with Crippen molar-refractivity contribution in [1.29, 1.82) is 0 Å². The average Bonchev–Trinajstić information content (AvgIpc) is 2.30. The predicted molar refractivity (Wildman–Crippen MR) is 58.6 cm³/mol. The zero-order valence-corrected chi connectivity index (χ0v) is 8.83. The van der Waals surface area contributed by atoms with Gasteiger partial charge in [-0.1, -0.05) is 31.2 Å². The molecule has 1 saturated heterocycles. The first-order chi connectivity index (χ1) is 6.90. The van der Waals surface area contributed by atoms with Gasteiger partial charge in [0.05, 0.1) is 6.61 Å². The van der Waals surface area contributed by atoms with Crippen molar-refractivity contribution in [2.75, 3.05) is 13.2 Å². The number of hydrogen-bond acceptors (Lipinski definition) is 1. The Morgan fingerprint density at radius 3 is 2.64 bits per heavy atom. The van der Waals surface area contributed by atoms with Gasteiger partial charge in [-0.15, -0.1) is 0 Å². The molecule has 0 aromatic heterocycles. The molecule has 0 aliphatic carbocycles. The Hall–Kier alpha value is -0.820. The first kappa shape index (κ1) is 9.72. The van der Waals surface area contributed by atoms with Crippen LogP contribution in [-0.4, -0.2) is 13.2 Å². The maximum atomic E-state index is 5.49. The van der Waals surface area contributed by atoms with E-state index < -0.39 is 0 Å². The molecule has 0 amide bonds. The quantitative estimate of drug-likeness (QED) is 0.696. The summed E-state index contributed by atoms with van der Waals surface area (Å²) in [5, 5.41) is 0. The maximum absolute atomic E-state index is 5.49. The standard InChI is InChI=1S/C13H18O/c1-2-11-5-7-12(8-6-11)13-4-3-9-14-10-13/h5-8,13H,2-4,9-10H2,1H3. The first-order valence-corrected chi connectivity index (χ1v) is 5.56. The molecule has 14 heavy (non-hydrogen) atoms. The van der Waals surface area contributed by atoms with Gasteiger partial charge in [0, 0.05) is 12.5 Å². The van der Waals surface area contributed by atoms with Crippen LogP contribution in [0, 0.1) is 0 Å². The van der Waals surface area contributed by atoms with Gasteiger partial charge in [-0.2, -0.15) is 0 Å². The van der Waals surface area contributed by atoms with Crippen molar-refractivity contribution in [1.82, 2.24) is 0 Å². The molecule has 1 aliphatic rings. The Labute approximate surface area is 86.1 Å². The lowest BCUT2D eigenvalue weighted by molar-refractivity contribution is 0.0804. The van der Waals surface area contributed by atoms with Crippen molar-refractivity contribution in [2.24, 2.45) is 0 Å². The van der Waals surface area contributed by atoms with Crippen LogP contribution < -0.4 is 0 Å². The van der Waals surface area contributed by atoms with Crippen LogP contribution in [-0.2, 0) is 11.2 Å². The summed E-state index contributed by atoms with van der Waals surface area (Å²) >= 11 is 0. The molecule has 1 aliphatic heterocycles. The van der Waals surface area contributed by atoms with E-state index in [1.807, 2.05) is 0 Å². The summed E-state index contributed by atoms with van der Waals surface area (Å²) in [6, 6.07) is 9.00. The minimum absolute atomic E-state index is 0.634. The van der Waals surface area contributed by atoms with E-state index in [2.05, 4.69) is 31.2 Å². The summed E-state index contributed by atoms with van der Waals surface area (Å²) in [6.45, 7) is 4.05. The molecule has 1 heteroatoms. The Morgan fingerprint density at radius 1 is 1.29 bits per heavy atom. The highest BCUT2D eigenvalue weighted by Gasteiger charge is 2.15. The van der Waals surface area contributed by atoms with E-state index in [0.29, 0.717) is 5.92 Å². The van der Waals surface area contributed by atoms with Crippen LogP contribution in [0.5, 0.6) is 0 Å². The molecule has 0 radical (unpaired) electrons. The van der Waals surface area contributed by atoms with Gasteiger partial charge in [0.2, 0.25) is 0 Å². The van der Waals surface area contributed by atoms with Crippen molar-refractivity contribution in [3.05, 3.63) is 35.4 Å². The lowest BCUT2D eigenvalue weighted by atomic mass is 9.93. The Kier molecular flexibility index (Phi) is 3.20. The number of aryl methyl sites for hydroxylation is 1. The maximum Gasteiger partial charge on any atom is 0.0534 e. The molecular weight excluding hydrogens is 172 g/mol. The van der Waals surface area contributed by atoms with E-state index in [4.69, 9.17) is 4.74 Å². The molecule has 1 unspecified atom stereocenters. The number of benzene rings is 1. The smallest absolute Gasteiger partial charge is 0.0534 e. The third kappa shape index (κ3) is 2.16. The zero-order valence-electron chi connectivity index (χ0n) is 8.83. The molecule has 0 N–H and O–H groups in total. The van der Waals surface area contributed by atoms with Crippen LogP contribution in [0.2, 0.25) is 0 Å². The second-order valence-corrected chi connectivity index (χ2v) is 4.01. The second kappa shape index (κ2) is 4.61. The van der Waals surface area contributed by atoms with Gasteiger partial charge in [-0.3, -0.25) is 0 Å². The van der Waals surface area contributed by atoms with E-state index in [0.717, 1.165) is 19.6 Å². The van der Waals surface area contributed by atoms with E-state index in [1.165, 1.54) is 24.0 Å². The lowest BCUT2D eigenvalue weighted by Crippen LogP contribution is -2.15. The SMILES string of the molecule is CCc1ccc(C2CCCOC2)cc1. The highest BCUT2D eigenvalue weighted by atomic mass is 16.5. The van der Waals surface area contributed by atoms with Crippen LogP contribution in [0.1, 0.15) is 36.8 Å². The summed E-state index contributed by atoms with van der Waals surface area (Å²) < 4.78 is 5.49. The molecule has 1 aromatic rings. The van der Waals surface area contributed by atoms with Crippen LogP contribution in [0.25, 0.3) is 0 Å². The average molecular weight is 190 g/mol. The molecule has 2 rings (SSSR count). The highest BCUT2D eigenvalue weighted by molar-refractivity contribution is 5.25. The van der Waals surface area contributed by atoms with Crippen LogP contribution >= 0.6 is 0 Å².